The lowest BCUT2D eigenvalue weighted by Crippen LogP contribution is -2.21. The Hall–Kier alpha value is -3.15. The van der Waals surface area contributed by atoms with Crippen molar-refractivity contribution >= 4 is 11.8 Å². The first kappa shape index (κ1) is 17.3. The molecule has 2 aliphatic rings. The molecule has 0 bridgehead atoms. The second kappa shape index (κ2) is 7.23. The molecule has 0 aromatic heterocycles. The van der Waals surface area contributed by atoms with Crippen molar-refractivity contribution in [3.8, 4) is 23.0 Å². The van der Waals surface area contributed by atoms with E-state index in [1.807, 2.05) is 36.4 Å². The maximum atomic E-state index is 5.55. The van der Waals surface area contributed by atoms with Crippen molar-refractivity contribution in [3.05, 3.63) is 53.1 Å². The average Bonchev–Trinajstić information content (AvgIpc) is 3.08. The van der Waals surface area contributed by atoms with Crippen LogP contribution in [0.25, 0.3) is 6.08 Å². The van der Waals surface area contributed by atoms with Crippen molar-refractivity contribution < 1.29 is 18.9 Å². The van der Waals surface area contributed by atoms with Crippen LogP contribution in [0.5, 0.6) is 23.0 Å². The van der Waals surface area contributed by atoms with E-state index < -0.39 is 0 Å². The Labute approximate surface area is 158 Å². The van der Waals surface area contributed by atoms with Gasteiger partial charge in [0, 0.05) is 17.2 Å². The summed E-state index contributed by atoms with van der Waals surface area (Å²) < 4.78 is 22.0. The number of allylic oxidation sites excluding steroid dienone is 1. The van der Waals surface area contributed by atoms with Gasteiger partial charge in [0.25, 0.3) is 0 Å². The molecule has 2 aromatic rings. The predicted molar refractivity (Wildman–Crippen MR) is 104 cm³/mol. The number of nitrogens with zero attached hydrogens (tertiary/aromatic N) is 1. The summed E-state index contributed by atoms with van der Waals surface area (Å²) in [6, 6.07) is 10.1. The largest absolute Gasteiger partial charge is 0.493 e. The third-order valence-corrected chi connectivity index (χ3v) is 4.66. The summed E-state index contributed by atoms with van der Waals surface area (Å²) in [5.74, 6) is 2.93. The van der Waals surface area contributed by atoms with E-state index in [0.717, 1.165) is 34.8 Å². The number of ether oxygens (including phenoxy) is 4. The van der Waals surface area contributed by atoms with Gasteiger partial charge in [-0.2, -0.15) is 5.10 Å². The lowest BCUT2D eigenvalue weighted by molar-refractivity contribution is 0.174. The molecule has 0 amide bonds. The molecule has 2 aromatic carbocycles. The Morgan fingerprint density at radius 1 is 1.11 bits per heavy atom. The molecular formula is C21H22N2O4. The van der Waals surface area contributed by atoms with Crippen LogP contribution >= 0.6 is 0 Å². The zero-order valence-corrected chi connectivity index (χ0v) is 15.6. The average molecular weight is 366 g/mol. The Bertz CT molecular complexity index is 921. The minimum absolute atomic E-state index is 0.223. The number of fused-ring (bicyclic) bond motifs is 2. The van der Waals surface area contributed by atoms with Gasteiger partial charge in [-0.15, -0.1) is 0 Å². The van der Waals surface area contributed by atoms with Crippen LogP contribution in [-0.2, 0) is 6.42 Å². The highest BCUT2D eigenvalue weighted by molar-refractivity contribution is 6.12. The highest BCUT2D eigenvalue weighted by Gasteiger charge is 2.22. The number of rotatable bonds is 4. The molecule has 6 nitrogen and oxygen atoms in total. The molecule has 140 valence electrons. The van der Waals surface area contributed by atoms with Crippen molar-refractivity contribution in [3.63, 3.8) is 0 Å². The minimum Gasteiger partial charge on any atom is -0.493 e. The van der Waals surface area contributed by atoms with Gasteiger partial charge in [0.2, 0.25) is 6.79 Å². The molecule has 0 saturated carbocycles. The minimum atomic E-state index is 0.223. The summed E-state index contributed by atoms with van der Waals surface area (Å²) >= 11 is 0. The van der Waals surface area contributed by atoms with Gasteiger partial charge < -0.3 is 24.4 Å². The lowest BCUT2D eigenvalue weighted by atomic mass is 9.97. The fraction of sp³-hybridized carbons (Fsp3) is 0.286. The first-order valence-electron chi connectivity index (χ1n) is 8.84. The van der Waals surface area contributed by atoms with Crippen LogP contribution in [0.15, 0.2) is 41.5 Å². The van der Waals surface area contributed by atoms with Crippen LogP contribution in [-0.4, -0.2) is 32.8 Å². The fourth-order valence-corrected chi connectivity index (χ4v) is 3.35. The van der Waals surface area contributed by atoms with Crippen LogP contribution in [0.3, 0.4) is 0 Å². The zero-order valence-electron chi connectivity index (χ0n) is 15.6. The monoisotopic (exact) mass is 366 g/mol. The van der Waals surface area contributed by atoms with Crippen molar-refractivity contribution in [2.45, 2.75) is 19.4 Å². The summed E-state index contributed by atoms with van der Waals surface area (Å²) in [5.41, 5.74) is 7.16. The number of benzene rings is 2. The topological polar surface area (TPSA) is 61.3 Å². The molecule has 2 heterocycles. The van der Waals surface area contributed by atoms with Crippen LogP contribution in [0, 0.1) is 0 Å². The van der Waals surface area contributed by atoms with Crippen molar-refractivity contribution in [1.82, 2.24) is 5.43 Å². The van der Waals surface area contributed by atoms with E-state index in [0.29, 0.717) is 11.5 Å². The van der Waals surface area contributed by atoms with E-state index >= 15 is 0 Å². The number of methoxy groups -OCH3 is 2. The number of hydrogen-bond acceptors (Lipinski definition) is 6. The molecule has 1 unspecified atom stereocenters. The molecule has 1 atom stereocenters. The highest BCUT2D eigenvalue weighted by Crippen LogP contribution is 2.36. The van der Waals surface area contributed by atoms with Gasteiger partial charge in [-0.3, -0.25) is 0 Å². The third kappa shape index (κ3) is 3.30. The van der Waals surface area contributed by atoms with Gasteiger partial charge in [-0.05, 0) is 49.3 Å². The fourth-order valence-electron chi connectivity index (χ4n) is 3.35. The maximum absolute atomic E-state index is 5.55. The molecule has 0 saturated heterocycles. The van der Waals surface area contributed by atoms with Crippen LogP contribution in [0.1, 0.15) is 23.6 Å². The third-order valence-electron chi connectivity index (χ3n) is 4.66. The molecule has 4 rings (SSSR count). The number of para-hydroxylation sites is 1. The SMILES string of the molecule is COc1cccc(C=CC2=NNC(C)Cc3cc4c(cc32)OCO4)c1OC. The van der Waals surface area contributed by atoms with Crippen molar-refractivity contribution in [1.29, 1.82) is 0 Å². The maximum Gasteiger partial charge on any atom is 0.231 e. The van der Waals surface area contributed by atoms with E-state index in [1.54, 1.807) is 14.2 Å². The molecule has 27 heavy (non-hydrogen) atoms. The van der Waals surface area contributed by atoms with Crippen molar-refractivity contribution in [2.24, 2.45) is 5.10 Å². The van der Waals surface area contributed by atoms with Crippen molar-refractivity contribution in [2.75, 3.05) is 21.0 Å². The van der Waals surface area contributed by atoms with Crippen LogP contribution in [0.2, 0.25) is 0 Å². The summed E-state index contributed by atoms with van der Waals surface area (Å²) in [4.78, 5) is 0. The first-order valence-corrected chi connectivity index (χ1v) is 8.84. The molecule has 0 fully saturated rings. The van der Waals surface area contributed by atoms with Gasteiger partial charge in [0.15, 0.2) is 23.0 Å². The molecule has 1 N–H and O–H groups in total. The van der Waals surface area contributed by atoms with E-state index in [1.165, 1.54) is 5.56 Å². The summed E-state index contributed by atoms with van der Waals surface area (Å²) in [6.07, 6.45) is 4.81. The summed E-state index contributed by atoms with van der Waals surface area (Å²) in [7, 11) is 3.27. The summed E-state index contributed by atoms with van der Waals surface area (Å²) in [6.45, 7) is 2.37. The number of hydrogen-bond donors (Lipinski definition) is 1. The highest BCUT2D eigenvalue weighted by atomic mass is 16.7. The standard InChI is InChI=1S/C21H22N2O4/c1-13-9-15-10-19-20(27-12-26-19)11-16(15)17(23-22-13)8-7-14-5-4-6-18(24-2)21(14)25-3/h4-8,10-11,13,22H,9,12H2,1-3H3. The second-order valence-corrected chi connectivity index (χ2v) is 6.51. The Morgan fingerprint density at radius 2 is 1.93 bits per heavy atom. The van der Waals surface area contributed by atoms with Crippen LogP contribution in [0.4, 0.5) is 0 Å². The van der Waals surface area contributed by atoms with Crippen LogP contribution < -0.4 is 24.4 Å². The molecule has 0 spiro atoms. The van der Waals surface area contributed by atoms with E-state index in [9.17, 15) is 0 Å². The zero-order chi connectivity index (χ0) is 18.8. The van der Waals surface area contributed by atoms with Gasteiger partial charge in [0.05, 0.1) is 19.9 Å². The number of hydrazone groups is 1. The molecule has 2 aliphatic heterocycles. The molecular weight excluding hydrogens is 344 g/mol. The second-order valence-electron chi connectivity index (χ2n) is 6.51. The normalized spacial score (nSPS) is 17.7. The van der Waals surface area contributed by atoms with E-state index in [2.05, 4.69) is 23.5 Å². The molecule has 0 aliphatic carbocycles. The molecule has 0 radical (unpaired) electrons. The Morgan fingerprint density at radius 3 is 2.70 bits per heavy atom. The van der Waals surface area contributed by atoms with Gasteiger partial charge in [0.1, 0.15) is 0 Å². The lowest BCUT2D eigenvalue weighted by Gasteiger charge is -2.11. The smallest absolute Gasteiger partial charge is 0.231 e. The Kier molecular flexibility index (Phi) is 4.62. The van der Waals surface area contributed by atoms with Gasteiger partial charge >= 0.3 is 0 Å². The molecule has 6 heteroatoms. The number of nitrogens with one attached hydrogen (secondary N) is 1. The van der Waals surface area contributed by atoms with E-state index in [-0.39, 0.29) is 12.8 Å². The quantitative estimate of drug-likeness (QED) is 0.899. The van der Waals surface area contributed by atoms with Gasteiger partial charge in [-0.25, -0.2) is 0 Å². The summed E-state index contributed by atoms with van der Waals surface area (Å²) in [5, 5.41) is 4.60. The predicted octanol–water partition coefficient (Wildman–Crippen LogP) is 3.38. The Balaban J connectivity index is 1.74. The van der Waals surface area contributed by atoms with E-state index in [4.69, 9.17) is 18.9 Å². The van der Waals surface area contributed by atoms with Gasteiger partial charge in [-0.1, -0.05) is 12.1 Å². The first-order chi connectivity index (χ1) is 13.2.